The summed E-state index contributed by atoms with van der Waals surface area (Å²) >= 11 is 0. The van der Waals surface area contributed by atoms with Crippen LogP contribution in [0.15, 0.2) is 24.5 Å². The Bertz CT molecular complexity index is 579. The van der Waals surface area contributed by atoms with Crippen LogP contribution in [0.4, 0.5) is 0 Å². The number of carbonyl (C=O) groups excluding carboxylic acids is 1. The summed E-state index contributed by atoms with van der Waals surface area (Å²) in [6, 6.07) is 5.37. The maximum atomic E-state index is 12.2. The van der Waals surface area contributed by atoms with Gasteiger partial charge in [-0.1, -0.05) is 13.8 Å². The molecule has 0 saturated carbocycles. The Kier molecular flexibility index (Phi) is 4.39. The number of H-pyrrole nitrogens is 1. The number of amides is 1. The first-order valence-corrected chi connectivity index (χ1v) is 6.96. The number of rotatable bonds is 6. The van der Waals surface area contributed by atoms with Crippen molar-refractivity contribution in [3.63, 3.8) is 0 Å². The molecule has 0 radical (unpaired) electrons. The number of benzene rings is 1. The molecule has 0 aliphatic rings. The number of nitrogens with zero attached hydrogens (tertiary/aromatic N) is 1. The zero-order valence-electron chi connectivity index (χ0n) is 11.9. The number of aromatic amines is 1. The number of aromatic nitrogens is 2. The van der Waals surface area contributed by atoms with E-state index in [1.54, 1.807) is 18.5 Å². The van der Waals surface area contributed by atoms with E-state index in [1.807, 2.05) is 19.9 Å². The Balaban J connectivity index is 2.07. The van der Waals surface area contributed by atoms with Crippen LogP contribution in [0, 0.1) is 5.41 Å². The van der Waals surface area contributed by atoms with Gasteiger partial charge in [0.2, 0.25) is 0 Å². The highest BCUT2D eigenvalue weighted by atomic mass is 16.3. The minimum Gasteiger partial charge on any atom is -0.396 e. The number of fused-ring (bicyclic) bond motifs is 1. The topological polar surface area (TPSA) is 78.0 Å². The molecular formula is C15H21N3O2. The van der Waals surface area contributed by atoms with Crippen LogP contribution in [-0.2, 0) is 0 Å². The van der Waals surface area contributed by atoms with E-state index in [4.69, 9.17) is 0 Å². The summed E-state index contributed by atoms with van der Waals surface area (Å²) < 4.78 is 0. The van der Waals surface area contributed by atoms with E-state index in [0.29, 0.717) is 12.1 Å². The fourth-order valence-electron chi connectivity index (χ4n) is 2.23. The molecule has 2 aromatic rings. The normalized spacial score (nSPS) is 11.8. The van der Waals surface area contributed by atoms with Crippen LogP contribution in [0.5, 0.6) is 0 Å². The highest BCUT2D eigenvalue weighted by Gasteiger charge is 2.25. The van der Waals surface area contributed by atoms with Crippen molar-refractivity contribution < 1.29 is 9.90 Å². The molecule has 0 atom stereocenters. The van der Waals surface area contributed by atoms with Crippen molar-refractivity contribution >= 4 is 16.9 Å². The number of hydrogen-bond donors (Lipinski definition) is 3. The lowest BCUT2D eigenvalue weighted by atomic mass is 9.83. The molecule has 1 amide bonds. The molecular weight excluding hydrogens is 254 g/mol. The molecule has 108 valence electrons. The molecule has 20 heavy (non-hydrogen) atoms. The molecule has 0 aliphatic carbocycles. The Morgan fingerprint density at radius 2 is 2.15 bits per heavy atom. The summed E-state index contributed by atoms with van der Waals surface area (Å²) in [7, 11) is 0. The summed E-state index contributed by atoms with van der Waals surface area (Å²) in [6.07, 6.45) is 3.27. The van der Waals surface area contributed by atoms with E-state index in [9.17, 15) is 9.90 Å². The predicted octanol–water partition coefficient (Wildman–Crippen LogP) is 2.09. The molecule has 0 fully saturated rings. The highest BCUT2D eigenvalue weighted by molar-refractivity contribution is 5.97. The molecule has 1 aromatic carbocycles. The first-order valence-electron chi connectivity index (χ1n) is 6.96. The average Bonchev–Trinajstić information content (AvgIpc) is 2.96. The van der Waals surface area contributed by atoms with Gasteiger partial charge in [-0.05, 0) is 31.0 Å². The Morgan fingerprint density at radius 1 is 1.40 bits per heavy atom. The van der Waals surface area contributed by atoms with Gasteiger partial charge in [-0.25, -0.2) is 4.98 Å². The number of aliphatic hydroxyl groups is 1. The molecule has 0 unspecified atom stereocenters. The van der Waals surface area contributed by atoms with Crippen molar-refractivity contribution in [1.29, 1.82) is 0 Å². The molecule has 5 nitrogen and oxygen atoms in total. The van der Waals surface area contributed by atoms with Gasteiger partial charge >= 0.3 is 0 Å². The van der Waals surface area contributed by atoms with E-state index in [-0.39, 0.29) is 17.9 Å². The lowest BCUT2D eigenvalue weighted by Crippen LogP contribution is -2.39. The van der Waals surface area contributed by atoms with Gasteiger partial charge in [0.15, 0.2) is 0 Å². The number of imidazole rings is 1. The lowest BCUT2D eigenvalue weighted by Gasteiger charge is -2.29. The number of nitrogens with one attached hydrogen (secondary N) is 2. The Morgan fingerprint density at radius 3 is 2.80 bits per heavy atom. The lowest BCUT2D eigenvalue weighted by molar-refractivity contribution is 0.0851. The van der Waals surface area contributed by atoms with Crippen molar-refractivity contribution in [3.8, 4) is 0 Å². The van der Waals surface area contributed by atoms with Crippen LogP contribution in [0.25, 0.3) is 11.0 Å². The van der Waals surface area contributed by atoms with Gasteiger partial charge in [-0.2, -0.15) is 0 Å². The summed E-state index contributed by atoms with van der Waals surface area (Å²) in [6.45, 7) is 4.63. The van der Waals surface area contributed by atoms with E-state index in [1.165, 1.54) is 0 Å². The van der Waals surface area contributed by atoms with Crippen molar-refractivity contribution in [2.45, 2.75) is 26.7 Å². The fourth-order valence-corrected chi connectivity index (χ4v) is 2.23. The maximum Gasteiger partial charge on any atom is 0.251 e. The molecule has 0 aliphatic heterocycles. The fraction of sp³-hybridized carbons (Fsp3) is 0.467. The molecule has 1 aromatic heterocycles. The van der Waals surface area contributed by atoms with Crippen LogP contribution in [0.2, 0.25) is 0 Å². The molecule has 2 rings (SSSR count). The molecule has 0 spiro atoms. The van der Waals surface area contributed by atoms with Crippen LogP contribution >= 0.6 is 0 Å². The molecule has 5 heteroatoms. The van der Waals surface area contributed by atoms with Gasteiger partial charge in [0, 0.05) is 17.5 Å². The highest BCUT2D eigenvalue weighted by Crippen LogP contribution is 2.24. The average molecular weight is 275 g/mol. The van der Waals surface area contributed by atoms with Gasteiger partial charge in [-0.3, -0.25) is 4.79 Å². The van der Waals surface area contributed by atoms with Gasteiger partial charge in [0.25, 0.3) is 5.91 Å². The standard InChI is InChI=1S/C15H21N3O2/c1-3-15(4-2,9-19)8-16-14(20)11-5-6-12-13(7-11)18-10-17-12/h5-7,10,19H,3-4,8-9H2,1-2H3,(H,16,20)(H,17,18). The first kappa shape index (κ1) is 14.5. The number of hydrogen-bond acceptors (Lipinski definition) is 3. The summed E-state index contributed by atoms with van der Waals surface area (Å²) in [5.74, 6) is -0.124. The van der Waals surface area contributed by atoms with E-state index in [0.717, 1.165) is 23.9 Å². The van der Waals surface area contributed by atoms with E-state index >= 15 is 0 Å². The third-order valence-electron chi connectivity index (χ3n) is 4.14. The van der Waals surface area contributed by atoms with E-state index in [2.05, 4.69) is 15.3 Å². The first-order chi connectivity index (χ1) is 9.64. The van der Waals surface area contributed by atoms with Crippen molar-refractivity contribution in [2.75, 3.05) is 13.2 Å². The molecule has 0 saturated heterocycles. The van der Waals surface area contributed by atoms with E-state index < -0.39 is 0 Å². The quantitative estimate of drug-likeness (QED) is 0.755. The van der Waals surface area contributed by atoms with Gasteiger partial charge < -0.3 is 15.4 Å². The SMILES string of the molecule is CCC(CC)(CO)CNC(=O)c1ccc2nc[nH]c2c1. The third-order valence-corrected chi connectivity index (χ3v) is 4.14. The molecule has 3 N–H and O–H groups in total. The summed E-state index contributed by atoms with van der Waals surface area (Å²) in [5, 5.41) is 12.4. The van der Waals surface area contributed by atoms with Gasteiger partial charge in [-0.15, -0.1) is 0 Å². The van der Waals surface area contributed by atoms with Crippen LogP contribution in [-0.4, -0.2) is 34.1 Å². The number of aliphatic hydroxyl groups excluding tert-OH is 1. The van der Waals surface area contributed by atoms with Gasteiger partial charge in [0.1, 0.15) is 0 Å². The van der Waals surface area contributed by atoms with Gasteiger partial charge in [0.05, 0.1) is 24.0 Å². The molecule has 0 bridgehead atoms. The second-order valence-electron chi connectivity index (χ2n) is 5.18. The van der Waals surface area contributed by atoms with Crippen LogP contribution in [0.1, 0.15) is 37.0 Å². The molecule has 1 heterocycles. The summed E-state index contributed by atoms with van der Waals surface area (Å²) in [5.41, 5.74) is 2.06. The van der Waals surface area contributed by atoms with Crippen molar-refractivity contribution in [1.82, 2.24) is 15.3 Å². The second-order valence-corrected chi connectivity index (χ2v) is 5.18. The van der Waals surface area contributed by atoms with Crippen molar-refractivity contribution in [2.24, 2.45) is 5.41 Å². The minimum absolute atomic E-state index is 0.0832. The largest absolute Gasteiger partial charge is 0.396 e. The monoisotopic (exact) mass is 275 g/mol. The smallest absolute Gasteiger partial charge is 0.251 e. The third kappa shape index (κ3) is 2.82. The van der Waals surface area contributed by atoms with Crippen molar-refractivity contribution in [3.05, 3.63) is 30.1 Å². The predicted molar refractivity (Wildman–Crippen MR) is 78.5 cm³/mol. The van der Waals surface area contributed by atoms with Crippen LogP contribution in [0.3, 0.4) is 0 Å². The van der Waals surface area contributed by atoms with Crippen LogP contribution < -0.4 is 5.32 Å². The Labute approximate surface area is 118 Å². The number of carbonyl (C=O) groups is 1. The zero-order chi connectivity index (χ0) is 14.6. The second kappa shape index (κ2) is 6.05. The summed E-state index contributed by atoms with van der Waals surface area (Å²) in [4.78, 5) is 19.3. The maximum absolute atomic E-state index is 12.2. The Hall–Kier alpha value is -1.88. The zero-order valence-corrected chi connectivity index (χ0v) is 11.9. The minimum atomic E-state index is -0.228.